The van der Waals surface area contributed by atoms with Crippen LogP contribution in [0.1, 0.15) is 53.4 Å². The van der Waals surface area contributed by atoms with Crippen molar-refractivity contribution in [2.45, 2.75) is 40.0 Å². The van der Waals surface area contributed by atoms with Crippen LogP contribution in [-0.4, -0.2) is 39.8 Å². The Morgan fingerprint density at radius 2 is 1.91 bits per heavy atom. The number of esters is 1. The summed E-state index contributed by atoms with van der Waals surface area (Å²) >= 11 is 0. The third-order valence-electron chi connectivity index (χ3n) is 5.03. The van der Waals surface area contributed by atoms with Gasteiger partial charge < -0.3 is 9.64 Å². The lowest BCUT2D eigenvalue weighted by Crippen LogP contribution is -2.35. The van der Waals surface area contributed by atoms with E-state index in [9.17, 15) is 9.59 Å². The van der Waals surface area contributed by atoms with Crippen molar-refractivity contribution in [3.05, 3.63) is 71.2 Å². The second-order valence-corrected chi connectivity index (χ2v) is 8.07. The van der Waals surface area contributed by atoms with Gasteiger partial charge in [0.25, 0.3) is 5.91 Å². The van der Waals surface area contributed by atoms with E-state index >= 15 is 0 Å². The first-order valence-corrected chi connectivity index (χ1v) is 10.7. The molecule has 2 heterocycles. The first kappa shape index (κ1) is 23.7. The number of carbonyl (C=O) groups excluding carboxylic acids is 2. The number of benzene rings is 1. The van der Waals surface area contributed by atoms with Gasteiger partial charge in [-0.1, -0.05) is 26.0 Å². The van der Waals surface area contributed by atoms with Crippen molar-refractivity contribution >= 4 is 17.6 Å². The number of hydrogen-bond acceptors (Lipinski definition) is 6. The third kappa shape index (κ3) is 5.63. The second-order valence-electron chi connectivity index (χ2n) is 8.07. The highest BCUT2D eigenvalue weighted by molar-refractivity contribution is 5.97. The molecule has 0 N–H and O–H groups in total. The minimum Gasteiger partial charge on any atom is -0.452 e. The first-order chi connectivity index (χ1) is 15.8. The van der Waals surface area contributed by atoms with Crippen LogP contribution in [-0.2, 0) is 9.53 Å². The highest BCUT2D eigenvalue weighted by atomic mass is 16.5. The number of hydrogen-bond donors (Lipinski definition) is 0. The average molecular weight is 446 g/mol. The van der Waals surface area contributed by atoms with Gasteiger partial charge in [-0.2, -0.15) is 10.4 Å². The third-order valence-corrected chi connectivity index (χ3v) is 5.03. The van der Waals surface area contributed by atoms with E-state index in [1.165, 1.54) is 11.1 Å². The number of ether oxygens (including phenoxy) is 1. The molecular formula is C25H27N5O3. The van der Waals surface area contributed by atoms with E-state index in [2.05, 4.69) is 16.2 Å². The van der Waals surface area contributed by atoms with E-state index in [0.29, 0.717) is 22.8 Å². The number of carbonyl (C=O) groups is 2. The largest absolute Gasteiger partial charge is 0.452 e. The molecule has 0 radical (unpaired) electrons. The van der Waals surface area contributed by atoms with Gasteiger partial charge in [-0.3, -0.25) is 4.79 Å². The Kier molecular flexibility index (Phi) is 7.57. The van der Waals surface area contributed by atoms with Crippen LogP contribution in [0.2, 0.25) is 0 Å². The zero-order valence-corrected chi connectivity index (χ0v) is 19.3. The van der Waals surface area contributed by atoms with Gasteiger partial charge in [0.1, 0.15) is 5.56 Å². The fourth-order valence-corrected chi connectivity index (χ4v) is 3.68. The molecule has 8 nitrogen and oxygen atoms in total. The molecule has 1 aromatic carbocycles. The summed E-state index contributed by atoms with van der Waals surface area (Å²) in [5.74, 6) is -0.467. The molecule has 0 unspecified atom stereocenters. The lowest BCUT2D eigenvalue weighted by Gasteiger charge is -2.22. The monoisotopic (exact) mass is 445 g/mol. The predicted molar refractivity (Wildman–Crippen MR) is 124 cm³/mol. The van der Waals surface area contributed by atoms with E-state index in [4.69, 9.17) is 10.00 Å². The SMILES string of the molecule is Cc1cc(C)cc(N(CCC#N)C(=O)COC(=O)c2cnn(-c3ccccn3)c2C(C)C)c1. The standard InChI is InChI=1S/C25H27N5O3/c1-17(2)24-21(15-28-30(24)22-8-5-6-10-27-22)25(32)33-16-23(31)29(11-7-9-26)20-13-18(3)12-19(4)14-20/h5-6,8,10,12-15,17H,7,11,16H2,1-4H3. The van der Waals surface area contributed by atoms with Gasteiger partial charge in [0.2, 0.25) is 0 Å². The van der Waals surface area contributed by atoms with Crippen LogP contribution in [0.3, 0.4) is 0 Å². The molecule has 0 fully saturated rings. The number of aryl methyl sites for hydroxylation is 2. The van der Waals surface area contributed by atoms with Gasteiger partial charge in [-0.25, -0.2) is 14.5 Å². The maximum atomic E-state index is 13.0. The van der Waals surface area contributed by atoms with E-state index in [1.54, 1.807) is 23.0 Å². The minimum atomic E-state index is -0.630. The molecule has 33 heavy (non-hydrogen) atoms. The number of nitrogens with zero attached hydrogens (tertiary/aromatic N) is 5. The van der Waals surface area contributed by atoms with Crippen molar-refractivity contribution in [2.75, 3.05) is 18.1 Å². The summed E-state index contributed by atoms with van der Waals surface area (Å²) in [4.78, 5) is 31.6. The summed E-state index contributed by atoms with van der Waals surface area (Å²) in [6, 6.07) is 13.3. The van der Waals surface area contributed by atoms with Gasteiger partial charge in [-0.05, 0) is 55.2 Å². The number of anilines is 1. The van der Waals surface area contributed by atoms with Crippen LogP contribution in [0.15, 0.2) is 48.8 Å². The van der Waals surface area contributed by atoms with Crippen LogP contribution in [0.25, 0.3) is 5.82 Å². The van der Waals surface area contributed by atoms with Crippen molar-refractivity contribution in [3.8, 4) is 11.9 Å². The Morgan fingerprint density at radius 3 is 2.52 bits per heavy atom. The molecule has 3 rings (SSSR count). The molecular weight excluding hydrogens is 418 g/mol. The molecule has 0 atom stereocenters. The quantitative estimate of drug-likeness (QED) is 0.484. The average Bonchev–Trinajstić information content (AvgIpc) is 3.23. The van der Waals surface area contributed by atoms with E-state index in [-0.39, 0.29) is 18.9 Å². The van der Waals surface area contributed by atoms with Gasteiger partial charge in [0.05, 0.1) is 24.4 Å². The van der Waals surface area contributed by atoms with Crippen LogP contribution in [0, 0.1) is 25.2 Å². The highest BCUT2D eigenvalue weighted by Crippen LogP contribution is 2.23. The Balaban J connectivity index is 1.79. The van der Waals surface area contributed by atoms with Crippen molar-refractivity contribution in [3.63, 3.8) is 0 Å². The van der Waals surface area contributed by atoms with Gasteiger partial charge >= 0.3 is 5.97 Å². The summed E-state index contributed by atoms with van der Waals surface area (Å²) < 4.78 is 6.99. The smallest absolute Gasteiger partial charge is 0.342 e. The maximum absolute atomic E-state index is 13.0. The lowest BCUT2D eigenvalue weighted by atomic mass is 10.1. The van der Waals surface area contributed by atoms with E-state index in [1.807, 2.05) is 52.0 Å². The fraction of sp³-hybridized carbons (Fsp3) is 0.320. The van der Waals surface area contributed by atoms with Crippen LogP contribution in [0.5, 0.6) is 0 Å². The van der Waals surface area contributed by atoms with Gasteiger partial charge in [0.15, 0.2) is 12.4 Å². The summed E-state index contributed by atoms with van der Waals surface area (Å²) in [5.41, 5.74) is 3.62. The van der Waals surface area contributed by atoms with Crippen molar-refractivity contribution in [1.29, 1.82) is 5.26 Å². The molecule has 3 aromatic rings. The molecule has 0 saturated heterocycles. The Labute approximate surface area is 193 Å². The molecule has 1 amide bonds. The van der Waals surface area contributed by atoms with Gasteiger partial charge in [-0.15, -0.1) is 0 Å². The van der Waals surface area contributed by atoms with E-state index < -0.39 is 18.5 Å². The van der Waals surface area contributed by atoms with Crippen molar-refractivity contribution in [1.82, 2.24) is 14.8 Å². The summed E-state index contributed by atoms with van der Waals surface area (Å²) in [6.07, 6.45) is 3.26. The molecule has 0 bridgehead atoms. The summed E-state index contributed by atoms with van der Waals surface area (Å²) in [6.45, 7) is 7.55. The molecule has 0 aliphatic rings. The Hall–Kier alpha value is -3.99. The zero-order chi connectivity index (χ0) is 24.0. The number of aromatic nitrogens is 3. The molecule has 0 aliphatic carbocycles. The molecule has 8 heteroatoms. The second kappa shape index (κ2) is 10.6. The maximum Gasteiger partial charge on any atom is 0.342 e. The predicted octanol–water partition coefficient (Wildman–Crippen LogP) is 4.11. The number of amides is 1. The van der Waals surface area contributed by atoms with E-state index in [0.717, 1.165) is 11.1 Å². The lowest BCUT2D eigenvalue weighted by molar-refractivity contribution is -0.121. The zero-order valence-electron chi connectivity index (χ0n) is 19.3. The van der Waals surface area contributed by atoms with Crippen LogP contribution < -0.4 is 4.90 Å². The van der Waals surface area contributed by atoms with Gasteiger partial charge in [0, 0.05) is 18.4 Å². The summed E-state index contributed by atoms with van der Waals surface area (Å²) in [5, 5.41) is 13.3. The molecule has 0 aliphatic heterocycles. The Morgan fingerprint density at radius 1 is 1.18 bits per heavy atom. The summed E-state index contributed by atoms with van der Waals surface area (Å²) in [7, 11) is 0. The number of nitriles is 1. The first-order valence-electron chi connectivity index (χ1n) is 10.7. The topological polar surface area (TPSA) is 101 Å². The molecule has 0 saturated carbocycles. The number of pyridine rings is 1. The Bertz CT molecular complexity index is 1160. The number of rotatable bonds is 8. The highest BCUT2D eigenvalue weighted by Gasteiger charge is 2.24. The molecule has 2 aromatic heterocycles. The van der Waals surface area contributed by atoms with Crippen molar-refractivity contribution in [2.24, 2.45) is 0 Å². The van der Waals surface area contributed by atoms with Crippen LogP contribution >= 0.6 is 0 Å². The molecule has 0 spiro atoms. The molecule has 170 valence electrons. The van der Waals surface area contributed by atoms with Crippen molar-refractivity contribution < 1.29 is 14.3 Å². The fourth-order valence-electron chi connectivity index (χ4n) is 3.68. The minimum absolute atomic E-state index is 0.0323. The van der Waals surface area contributed by atoms with Crippen LogP contribution in [0.4, 0.5) is 5.69 Å². The normalized spacial score (nSPS) is 10.7.